The molecule has 0 radical (unpaired) electrons. The van der Waals surface area contributed by atoms with Crippen molar-refractivity contribution in [3.63, 3.8) is 0 Å². The minimum Gasteiger partial charge on any atom is -0.496 e. The lowest BCUT2D eigenvalue weighted by atomic mass is 10.2. The first-order valence-electron chi connectivity index (χ1n) is 5.68. The van der Waals surface area contributed by atoms with Gasteiger partial charge in [0.15, 0.2) is 0 Å². The molecule has 2 aromatic rings. The minimum absolute atomic E-state index is 0.0125. The van der Waals surface area contributed by atoms with Gasteiger partial charge in [0, 0.05) is 17.7 Å². The zero-order valence-electron chi connectivity index (χ0n) is 10.6. The maximum atomic E-state index is 13.2. The second-order valence-electron chi connectivity index (χ2n) is 4.07. The monoisotopic (exact) mass is 278 g/mol. The molecule has 7 heteroatoms. The maximum Gasteiger partial charge on any atom is 0.285 e. The summed E-state index contributed by atoms with van der Waals surface area (Å²) in [7, 11) is 1.42. The zero-order valence-corrected chi connectivity index (χ0v) is 10.6. The van der Waals surface area contributed by atoms with Crippen molar-refractivity contribution in [2.75, 3.05) is 7.11 Å². The molecule has 0 N–H and O–H groups in total. The number of hydrogen-bond donors (Lipinski definition) is 0. The number of benzene rings is 1. The number of nitrogens with zero attached hydrogens (tertiary/aromatic N) is 2. The van der Waals surface area contributed by atoms with Gasteiger partial charge in [0.05, 0.1) is 24.8 Å². The summed E-state index contributed by atoms with van der Waals surface area (Å²) >= 11 is 0. The van der Waals surface area contributed by atoms with Crippen LogP contribution < -0.4 is 10.3 Å². The summed E-state index contributed by atoms with van der Waals surface area (Å²) in [5.41, 5.74) is -0.197. The molecule has 0 aliphatic rings. The van der Waals surface area contributed by atoms with Crippen molar-refractivity contribution in [1.29, 1.82) is 0 Å². The largest absolute Gasteiger partial charge is 0.496 e. The predicted molar refractivity (Wildman–Crippen MR) is 69.4 cm³/mol. The van der Waals surface area contributed by atoms with E-state index in [4.69, 9.17) is 4.74 Å². The Balaban J connectivity index is 2.44. The van der Waals surface area contributed by atoms with Crippen LogP contribution in [0.1, 0.15) is 5.56 Å². The van der Waals surface area contributed by atoms with Crippen LogP contribution in [0.5, 0.6) is 5.75 Å². The lowest BCUT2D eigenvalue weighted by molar-refractivity contribution is -0.385. The molecule has 1 aromatic carbocycles. The van der Waals surface area contributed by atoms with E-state index in [9.17, 15) is 19.3 Å². The molecule has 0 spiro atoms. The van der Waals surface area contributed by atoms with Crippen molar-refractivity contribution in [1.82, 2.24) is 4.57 Å². The predicted octanol–water partition coefficient (Wildman–Crippen LogP) is 1.95. The first-order valence-corrected chi connectivity index (χ1v) is 5.68. The van der Waals surface area contributed by atoms with Crippen LogP contribution in [-0.2, 0) is 6.54 Å². The molecule has 2 rings (SSSR count). The Morgan fingerprint density at radius 3 is 2.75 bits per heavy atom. The molecule has 6 nitrogen and oxygen atoms in total. The quantitative estimate of drug-likeness (QED) is 0.633. The lowest BCUT2D eigenvalue weighted by Gasteiger charge is -2.10. The molecule has 0 amide bonds. The number of aromatic nitrogens is 1. The first kappa shape index (κ1) is 13.7. The van der Waals surface area contributed by atoms with Gasteiger partial charge < -0.3 is 9.30 Å². The SMILES string of the molecule is COc1ccc(F)cc1Cn1cc([N+](=O)[O-])ccc1=O. The number of ether oxygens (including phenoxy) is 1. The third kappa shape index (κ3) is 2.82. The molecule has 0 aliphatic carbocycles. The van der Waals surface area contributed by atoms with Crippen LogP contribution in [-0.4, -0.2) is 16.6 Å². The van der Waals surface area contributed by atoms with E-state index in [2.05, 4.69) is 0 Å². The Kier molecular flexibility index (Phi) is 3.79. The van der Waals surface area contributed by atoms with Crippen LogP contribution in [0, 0.1) is 15.9 Å². The number of nitro groups is 1. The van der Waals surface area contributed by atoms with E-state index < -0.39 is 16.3 Å². The van der Waals surface area contributed by atoms with E-state index in [-0.39, 0.29) is 12.2 Å². The van der Waals surface area contributed by atoms with Gasteiger partial charge in [0.1, 0.15) is 11.6 Å². The Bertz CT molecular complexity index is 712. The van der Waals surface area contributed by atoms with Gasteiger partial charge in [0.25, 0.3) is 11.2 Å². The number of rotatable bonds is 4. The van der Waals surface area contributed by atoms with Crippen molar-refractivity contribution in [2.24, 2.45) is 0 Å². The third-order valence-corrected chi connectivity index (χ3v) is 2.76. The van der Waals surface area contributed by atoms with Gasteiger partial charge in [-0.15, -0.1) is 0 Å². The standard InChI is InChI=1S/C13H11FN2O4/c1-20-12-4-2-10(14)6-9(12)7-15-8-11(16(18)19)3-5-13(15)17/h2-6,8H,7H2,1H3. The maximum absolute atomic E-state index is 13.2. The molecule has 1 heterocycles. The van der Waals surface area contributed by atoms with Crippen LogP contribution >= 0.6 is 0 Å². The number of halogens is 1. The van der Waals surface area contributed by atoms with Gasteiger partial charge in [-0.05, 0) is 18.2 Å². The van der Waals surface area contributed by atoms with Crippen molar-refractivity contribution >= 4 is 5.69 Å². The summed E-state index contributed by atoms with van der Waals surface area (Å²) in [6.45, 7) is -0.0125. The number of hydrogen-bond acceptors (Lipinski definition) is 4. The van der Waals surface area contributed by atoms with Crippen molar-refractivity contribution in [3.8, 4) is 5.75 Å². The summed E-state index contributed by atoms with van der Waals surface area (Å²) in [5.74, 6) is -0.0657. The Hall–Kier alpha value is -2.70. The van der Waals surface area contributed by atoms with Crippen LogP contribution in [0.15, 0.2) is 41.3 Å². The molecular weight excluding hydrogens is 267 g/mol. The summed E-state index contributed by atoms with van der Waals surface area (Å²) in [4.78, 5) is 21.8. The second kappa shape index (κ2) is 5.52. The van der Waals surface area contributed by atoms with E-state index in [0.717, 1.165) is 22.9 Å². The molecule has 20 heavy (non-hydrogen) atoms. The summed E-state index contributed by atoms with van der Waals surface area (Å²) in [6.07, 6.45) is 1.12. The molecule has 0 unspecified atom stereocenters. The topological polar surface area (TPSA) is 74.4 Å². The van der Waals surface area contributed by atoms with Crippen LogP contribution in [0.25, 0.3) is 0 Å². The number of pyridine rings is 1. The van der Waals surface area contributed by atoms with E-state index >= 15 is 0 Å². The average Bonchev–Trinajstić information content (AvgIpc) is 2.41. The van der Waals surface area contributed by atoms with Crippen molar-refractivity contribution < 1.29 is 14.1 Å². The van der Waals surface area contributed by atoms with Crippen LogP contribution in [0.3, 0.4) is 0 Å². The van der Waals surface area contributed by atoms with Gasteiger partial charge in [-0.1, -0.05) is 0 Å². The number of methoxy groups -OCH3 is 1. The highest BCUT2D eigenvalue weighted by molar-refractivity contribution is 5.35. The normalized spacial score (nSPS) is 10.3. The molecule has 1 aromatic heterocycles. The molecule has 0 fully saturated rings. The molecular formula is C13H11FN2O4. The fourth-order valence-electron chi connectivity index (χ4n) is 1.80. The molecule has 0 bridgehead atoms. The molecule has 0 saturated carbocycles. The third-order valence-electron chi connectivity index (χ3n) is 2.76. The smallest absolute Gasteiger partial charge is 0.285 e. The van der Waals surface area contributed by atoms with E-state index in [1.54, 1.807) is 0 Å². The van der Waals surface area contributed by atoms with Gasteiger partial charge >= 0.3 is 0 Å². The Morgan fingerprint density at radius 1 is 1.35 bits per heavy atom. The van der Waals surface area contributed by atoms with Gasteiger partial charge in [0.2, 0.25) is 0 Å². The van der Waals surface area contributed by atoms with Gasteiger partial charge in [-0.25, -0.2) is 4.39 Å². The molecule has 0 atom stereocenters. The highest BCUT2D eigenvalue weighted by Crippen LogP contribution is 2.20. The van der Waals surface area contributed by atoms with E-state index in [1.807, 2.05) is 0 Å². The van der Waals surface area contributed by atoms with Crippen molar-refractivity contribution in [2.45, 2.75) is 6.54 Å². The fraction of sp³-hybridized carbons (Fsp3) is 0.154. The second-order valence-corrected chi connectivity index (χ2v) is 4.07. The van der Waals surface area contributed by atoms with Crippen molar-refractivity contribution in [3.05, 3.63) is 68.4 Å². The molecule has 0 saturated heterocycles. The summed E-state index contributed by atoms with van der Waals surface area (Å²) in [5, 5.41) is 10.7. The highest BCUT2D eigenvalue weighted by atomic mass is 19.1. The molecule has 104 valence electrons. The van der Waals surface area contributed by atoms with E-state index in [0.29, 0.717) is 11.3 Å². The average molecular weight is 278 g/mol. The zero-order chi connectivity index (χ0) is 14.7. The molecule has 0 aliphatic heterocycles. The Labute approximate surface area is 113 Å². The van der Waals surface area contributed by atoms with Crippen LogP contribution in [0.4, 0.5) is 10.1 Å². The lowest BCUT2D eigenvalue weighted by Crippen LogP contribution is -2.19. The summed E-state index contributed by atoms with van der Waals surface area (Å²) in [6, 6.07) is 6.13. The van der Waals surface area contributed by atoms with Crippen LogP contribution in [0.2, 0.25) is 0 Å². The van der Waals surface area contributed by atoms with Gasteiger partial charge in [-0.2, -0.15) is 0 Å². The summed E-state index contributed by atoms with van der Waals surface area (Å²) < 4.78 is 19.5. The first-order chi connectivity index (χ1) is 9.51. The Morgan fingerprint density at radius 2 is 2.10 bits per heavy atom. The highest BCUT2D eigenvalue weighted by Gasteiger charge is 2.11. The fourth-order valence-corrected chi connectivity index (χ4v) is 1.80. The minimum atomic E-state index is -0.598. The van der Waals surface area contributed by atoms with Gasteiger partial charge in [-0.3, -0.25) is 14.9 Å². The van der Waals surface area contributed by atoms with E-state index in [1.165, 1.54) is 25.3 Å².